The van der Waals surface area contributed by atoms with Crippen LogP contribution in [0, 0.1) is 5.82 Å². The first-order valence-electron chi connectivity index (χ1n) is 5.66. The molecule has 2 aromatic rings. The Kier molecular flexibility index (Phi) is 2.95. The second-order valence-electron chi connectivity index (χ2n) is 4.38. The van der Waals surface area contributed by atoms with Gasteiger partial charge >= 0.3 is 0 Å². The summed E-state index contributed by atoms with van der Waals surface area (Å²) in [5.41, 5.74) is 8.20. The number of nitrogen functional groups attached to an aromatic ring is 1. The van der Waals surface area contributed by atoms with Gasteiger partial charge in [0.05, 0.1) is 17.5 Å². The third-order valence-corrected chi connectivity index (χ3v) is 4.37. The maximum absolute atomic E-state index is 13.4. The SMILES string of the molecule is Nc1scc2c1C(c1cc(F)ccc1Cl)NC(=O)C2. The van der Waals surface area contributed by atoms with Gasteiger partial charge in [0, 0.05) is 16.1 Å². The molecule has 1 aliphatic heterocycles. The molecule has 0 saturated carbocycles. The molecule has 0 bridgehead atoms. The first-order chi connectivity index (χ1) is 9.06. The topological polar surface area (TPSA) is 55.1 Å². The van der Waals surface area contributed by atoms with Crippen molar-refractivity contribution in [1.29, 1.82) is 0 Å². The van der Waals surface area contributed by atoms with E-state index in [0.717, 1.165) is 11.1 Å². The third-order valence-electron chi connectivity index (χ3n) is 3.15. The highest BCUT2D eigenvalue weighted by molar-refractivity contribution is 7.14. The predicted octanol–water partition coefficient (Wildman–Crippen LogP) is 2.88. The molecule has 19 heavy (non-hydrogen) atoms. The van der Waals surface area contributed by atoms with Crippen molar-refractivity contribution in [2.24, 2.45) is 0 Å². The molecule has 1 unspecified atom stereocenters. The van der Waals surface area contributed by atoms with Gasteiger partial charge in [0.25, 0.3) is 0 Å². The summed E-state index contributed by atoms with van der Waals surface area (Å²) in [6.07, 6.45) is 0.298. The summed E-state index contributed by atoms with van der Waals surface area (Å²) >= 11 is 7.49. The van der Waals surface area contributed by atoms with E-state index in [4.69, 9.17) is 17.3 Å². The van der Waals surface area contributed by atoms with Gasteiger partial charge in [-0.2, -0.15) is 0 Å². The number of carbonyl (C=O) groups excluding carboxylic acids is 1. The van der Waals surface area contributed by atoms with Crippen molar-refractivity contribution in [3.63, 3.8) is 0 Å². The minimum absolute atomic E-state index is 0.115. The van der Waals surface area contributed by atoms with Crippen molar-refractivity contribution >= 4 is 33.8 Å². The molecule has 0 saturated heterocycles. The first-order valence-corrected chi connectivity index (χ1v) is 6.92. The van der Waals surface area contributed by atoms with E-state index in [2.05, 4.69) is 5.32 Å². The number of nitrogens with two attached hydrogens (primary N) is 1. The second kappa shape index (κ2) is 4.51. The molecule has 6 heteroatoms. The van der Waals surface area contributed by atoms with Gasteiger partial charge in [-0.1, -0.05) is 11.6 Å². The quantitative estimate of drug-likeness (QED) is 0.850. The summed E-state index contributed by atoms with van der Waals surface area (Å²) in [6.45, 7) is 0. The van der Waals surface area contributed by atoms with Gasteiger partial charge in [0.2, 0.25) is 5.91 Å². The van der Waals surface area contributed by atoms with Crippen LogP contribution in [-0.2, 0) is 11.2 Å². The highest BCUT2D eigenvalue weighted by atomic mass is 35.5. The molecule has 3 rings (SSSR count). The lowest BCUT2D eigenvalue weighted by atomic mass is 9.92. The van der Waals surface area contributed by atoms with Crippen LogP contribution < -0.4 is 11.1 Å². The Labute approximate surface area is 118 Å². The van der Waals surface area contributed by atoms with E-state index in [1.54, 1.807) is 0 Å². The van der Waals surface area contributed by atoms with Gasteiger partial charge in [-0.15, -0.1) is 11.3 Å². The molecule has 1 aromatic heterocycles. The molecule has 0 aliphatic carbocycles. The lowest BCUT2D eigenvalue weighted by Crippen LogP contribution is -2.35. The van der Waals surface area contributed by atoms with Crippen LogP contribution in [-0.4, -0.2) is 5.91 Å². The van der Waals surface area contributed by atoms with E-state index in [1.165, 1.54) is 29.5 Å². The number of anilines is 1. The van der Waals surface area contributed by atoms with Crippen LogP contribution in [0.3, 0.4) is 0 Å². The molecule has 1 atom stereocenters. The summed E-state index contributed by atoms with van der Waals surface area (Å²) < 4.78 is 13.4. The summed E-state index contributed by atoms with van der Waals surface area (Å²) in [4.78, 5) is 11.7. The van der Waals surface area contributed by atoms with Crippen molar-refractivity contribution < 1.29 is 9.18 Å². The van der Waals surface area contributed by atoms with Gasteiger partial charge in [-0.3, -0.25) is 4.79 Å². The number of halogens is 2. The molecule has 0 radical (unpaired) electrons. The van der Waals surface area contributed by atoms with Gasteiger partial charge in [-0.05, 0) is 29.1 Å². The number of hydrogen-bond donors (Lipinski definition) is 2. The zero-order valence-corrected chi connectivity index (χ0v) is 11.3. The fourth-order valence-electron chi connectivity index (χ4n) is 2.31. The van der Waals surface area contributed by atoms with Crippen LogP contribution in [0.25, 0.3) is 0 Å². The van der Waals surface area contributed by atoms with Crippen molar-refractivity contribution in [2.45, 2.75) is 12.5 Å². The van der Waals surface area contributed by atoms with Gasteiger partial charge in [0.15, 0.2) is 0 Å². The minimum Gasteiger partial charge on any atom is -0.390 e. The Bertz CT molecular complexity index is 671. The van der Waals surface area contributed by atoms with Crippen LogP contribution in [0.15, 0.2) is 23.6 Å². The van der Waals surface area contributed by atoms with Crippen LogP contribution in [0.5, 0.6) is 0 Å². The lowest BCUT2D eigenvalue weighted by Gasteiger charge is -2.26. The Morgan fingerprint density at radius 1 is 1.47 bits per heavy atom. The Balaban J connectivity index is 2.17. The Morgan fingerprint density at radius 2 is 2.26 bits per heavy atom. The van der Waals surface area contributed by atoms with Crippen molar-refractivity contribution in [2.75, 3.05) is 5.73 Å². The zero-order valence-electron chi connectivity index (χ0n) is 9.74. The van der Waals surface area contributed by atoms with Gasteiger partial charge < -0.3 is 11.1 Å². The highest BCUT2D eigenvalue weighted by Crippen LogP contribution is 2.39. The number of carbonyl (C=O) groups is 1. The molecule has 0 spiro atoms. The number of amides is 1. The smallest absolute Gasteiger partial charge is 0.225 e. The van der Waals surface area contributed by atoms with Crippen molar-refractivity contribution in [3.8, 4) is 0 Å². The standard InChI is InChI=1S/C13H10ClFN2OS/c14-9-2-1-7(15)4-8(9)12-11-6(3-10(18)17-12)5-19-13(11)16/h1-2,4-5,12H,3,16H2,(H,17,18). The average molecular weight is 297 g/mol. The number of rotatable bonds is 1. The van der Waals surface area contributed by atoms with E-state index >= 15 is 0 Å². The van der Waals surface area contributed by atoms with Crippen LogP contribution in [0.2, 0.25) is 5.02 Å². The van der Waals surface area contributed by atoms with Gasteiger partial charge in [-0.25, -0.2) is 4.39 Å². The Morgan fingerprint density at radius 3 is 3.05 bits per heavy atom. The summed E-state index contributed by atoms with van der Waals surface area (Å²) in [5.74, 6) is -0.509. The normalized spacial score (nSPS) is 18.0. The molecule has 98 valence electrons. The first kappa shape index (κ1) is 12.4. The average Bonchev–Trinajstić information content (AvgIpc) is 2.73. The minimum atomic E-state index is -0.481. The molecule has 0 fully saturated rings. The number of nitrogens with one attached hydrogen (secondary N) is 1. The molecule has 2 heterocycles. The second-order valence-corrected chi connectivity index (χ2v) is 5.70. The number of benzene rings is 1. The fraction of sp³-hybridized carbons (Fsp3) is 0.154. The summed E-state index contributed by atoms with van der Waals surface area (Å²) in [7, 11) is 0. The van der Waals surface area contributed by atoms with E-state index in [1.807, 2.05) is 5.38 Å². The largest absolute Gasteiger partial charge is 0.390 e. The van der Waals surface area contributed by atoms with Crippen LogP contribution in [0.4, 0.5) is 9.39 Å². The lowest BCUT2D eigenvalue weighted by molar-refractivity contribution is -0.121. The Hall–Kier alpha value is -1.59. The van der Waals surface area contributed by atoms with Crippen LogP contribution >= 0.6 is 22.9 Å². The summed E-state index contributed by atoms with van der Waals surface area (Å²) in [5, 5.41) is 5.72. The van der Waals surface area contributed by atoms with Gasteiger partial charge in [0.1, 0.15) is 5.82 Å². The van der Waals surface area contributed by atoms with E-state index < -0.39 is 11.9 Å². The number of fused-ring (bicyclic) bond motifs is 1. The molecule has 1 amide bonds. The predicted molar refractivity (Wildman–Crippen MR) is 73.8 cm³/mol. The molecular weight excluding hydrogens is 287 g/mol. The maximum Gasteiger partial charge on any atom is 0.225 e. The maximum atomic E-state index is 13.4. The zero-order chi connectivity index (χ0) is 13.6. The monoisotopic (exact) mass is 296 g/mol. The molecule has 1 aromatic carbocycles. The van der Waals surface area contributed by atoms with Crippen LogP contribution in [0.1, 0.15) is 22.7 Å². The van der Waals surface area contributed by atoms with E-state index in [0.29, 0.717) is 22.0 Å². The number of thiophene rings is 1. The van der Waals surface area contributed by atoms with E-state index in [-0.39, 0.29) is 5.91 Å². The number of hydrogen-bond acceptors (Lipinski definition) is 3. The molecular formula is C13H10ClFN2OS. The molecule has 3 N–H and O–H groups in total. The highest BCUT2D eigenvalue weighted by Gasteiger charge is 2.30. The molecule has 3 nitrogen and oxygen atoms in total. The molecule has 1 aliphatic rings. The van der Waals surface area contributed by atoms with E-state index in [9.17, 15) is 9.18 Å². The van der Waals surface area contributed by atoms with Crippen molar-refractivity contribution in [1.82, 2.24) is 5.32 Å². The van der Waals surface area contributed by atoms with Crippen molar-refractivity contribution in [3.05, 3.63) is 51.1 Å². The third kappa shape index (κ3) is 2.09. The summed E-state index contributed by atoms with van der Waals surface area (Å²) in [6, 6.07) is 3.62. The fourth-order valence-corrected chi connectivity index (χ4v) is 3.39.